The molecule has 5 nitrogen and oxygen atoms in total. The summed E-state index contributed by atoms with van der Waals surface area (Å²) >= 11 is 0. The predicted octanol–water partition coefficient (Wildman–Crippen LogP) is 1.52. The highest BCUT2D eigenvalue weighted by Crippen LogP contribution is 2.26. The molecule has 0 unspecified atom stereocenters. The molecule has 0 saturated heterocycles. The molecule has 0 aromatic carbocycles. The fraction of sp³-hybridized carbons (Fsp3) is 0.615. The lowest BCUT2D eigenvalue weighted by atomic mass is 10.1. The molecule has 6 heteroatoms. The van der Waals surface area contributed by atoms with Crippen molar-refractivity contribution in [2.45, 2.75) is 32.2 Å². The van der Waals surface area contributed by atoms with E-state index >= 15 is 0 Å². The second-order valence-corrected chi connectivity index (χ2v) is 7.01. The fourth-order valence-electron chi connectivity index (χ4n) is 2.59. The third-order valence-electron chi connectivity index (χ3n) is 3.46. The fourth-order valence-corrected chi connectivity index (χ4v) is 3.45. The van der Waals surface area contributed by atoms with E-state index in [-0.39, 0.29) is 6.04 Å². The highest BCUT2D eigenvalue weighted by molar-refractivity contribution is 7.88. The van der Waals surface area contributed by atoms with Gasteiger partial charge in [0.15, 0.2) is 0 Å². The van der Waals surface area contributed by atoms with Crippen LogP contribution in [-0.4, -0.2) is 32.2 Å². The van der Waals surface area contributed by atoms with E-state index in [4.69, 9.17) is 0 Å². The van der Waals surface area contributed by atoms with Gasteiger partial charge < -0.3 is 5.32 Å². The molecule has 1 aromatic heterocycles. The van der Waals surface area contributed by atoms with E-state index in [2.05, 4.69) is 15.0 Å². The normalized spacial score (nSPS) is 23.5. The van der Waals surface area contributed by atoms with Crippen LogP contribution in [0.3, 0.4) is 0 Å². The number of sulfonamides is 1. The van der Waals surface area contributed by atoms with Gasteiger partial charge in [0.2, 0.25) is 10.0 Å². The molecule has 1 heterocycles. The standard InChI is InChI=1S/C13H21N3O2S/c1-10-5-3-8-13(15-10)14-9-11-6-4-7-12(11)16-19(2,17)18/h3,5,8,11-12,16H,4,6-7,9H2,1-2H3,(H,14,15)/t11-,12-/m0/s1. The Morgan fingerprint density at radius 2 is 2.16 bits per heavy atom. The molecular weight excluding hydrogens is 262 g/mol. The summed E-state index contributed by atoms with van der Waals surface area (Å²) in [6, 6.07) is 5.90. The third-order valence-corrected chi connectivity index (χ3v) is 4.19. The van der Waals surface area contributed by atoms with E-state index in [9.17, 15) is 8.42 Å². The molecule has 106 valence electrons. The van der Waals surface area contributed by atoms with Crippen molar-refractivity contribution in [1.82, 2.24) is 9.71 Å². The zero-order valence-electron chi connectivity index (χ0n) is 11.4. The van der Waals surface area contributed by atoms with E-state index in [1.165, 1.54) is 6.26 Å². The summed E-state index contributed by atoms with van der Waals surface area (Å²) < 4.78 is 25.3. The summed E-state index contributed by atoms with van der Waals surface area (Å²) in [6.45, 7) is 2.71. The maximum absolute atomic E-state index is 11.3. The first-order valence-electron chi connectivity index (χ1n) is 6.59. The van der Waals surface area contributed by atoms with Crippen LogP contribution in [0.25, 0.3) is 0 Å². The van der Waals surface area contributed by atoms with Crippen LogP contribution in [0.15, 0.2) is 18.2 Å². The number of hydrogen-bond acceptors (Lipinski definition) is 4. The Hall–Kier alpha value is -1.14. The van der Waals surface area contributed by atoms with Crippen LogP contribution in [0.4, 0.5) is 5.82 Å². The maximum Gasteiger partial charge on any atom is 0.208 e. The van der Waals surface area contributed by atoms with E-state index in [0.717, 1.165) is 37.3 Å². The van der Waals surface area contributed by atoms with Crippen molar-refractivity contribution in [2.24, 2.45) is 5.92 Å². The molecular formula is C13H21N3O2S. The van der Waals surface area contributed by atoms with Crippen LogP contribution < -0.4 is 10.0 Å². The Morgan fingerprint density at radius 3 is 2.84 bits per heavy atom. The highest BCUT2D eigenvalue weighted by atomic mass is 32.2. The van der Waals surface area contributed by atoms with Crippen molar-refractivity contribution in [2.75, 3.05) is 18.1 Å². The second kappa shape index (κ2) is 5.88. The topological polar surface area (TPSA) is 71.1 Å². The van der Waals surface area contributed by atoms with Gasteiger partial charge in [0.05, 0.1) is 6.26 Å². The Labute approximate surface area is 114 Å². The molecule has 2 N–H and O–H groups in total. The average molecular weight is 283 g/mol. The molecule has 2 atom stereocenters. The number of anilines is 1. The van der Waals surface area contributed by atoms with Gasteiger partial charge in [-0.3, -0.25) is 0 Å². The van der Waals surface area contributed by atoms with Crippen molar-refractivity contribution in [3.05, 3.63) is 23.9 Å². The largest absolute Gasteiger partial charge is 0.370 e. The minimum absolute atomic E-state index is 0.0484. The van der Waals surface area contributed by atoms with Gasteiger partial charge in [-0.15, -0.1) is 0 Å². The summed E-state index contributed by atoms with van der Waals surface area (Å²) in [5.41, 5.74) is 0.974. The first-order valence-corrected chi connectivity index (χ1v) is 8.48. The van der Waals surface area contributed by atoms with Crippen molar-refractivity contribution >= 4 is 15.8 Å². The SMILES string of the molecule is Cc1cccc(NC[C@@H]2CCC[C@@H]2NS(C)(=O)=O)n1. The van der Waals surface area contributed by atoms with E-state index in [0.29, 0.717) is 5.92 Å². The molecule has 1 aromatic rings. The van der Waals surface area contributed by atoms with Crippen LogP contribution in [0.2, 0.25) is 0 Å². The van der Waals surface area contributed by atoms with E-state index in [1.807, 2.05) is 25.1 Å². The first kappa shape index (κ1) is 14.3. The van der Waals surface area contributed by atoms with E-state index in [1.54, 1.807) is 0 Å². The smallest absolute Gasteiger partial charge is 0.208 e. The van der Waals surface area contributed by atoms with Gasteiger partial charge in [-0.25, -0.2) is 18.1 Å². The summed E-state index contributed by atoms with van der Waals surface area (Å²) in [4.78, 5) is 4.38. The summed E-state index contributed by atoms with van der Waals surface area (Å²) in [6.07, 6.45) is 4.26. The highest BCUT2D eigenvalue weighted by Gasteiger charge is 2.29. The zero-order valence-corrected chi connectivity index (χ0v) is 12.2. The molecule has 1 aliphatic rings. The van der Waals surface area contributed by atoms with E-state index < -0.39 is 10.0 Å². The predicted molar refractivity (Wildman–Crippen MR) is 76.6 cm³/mol. The molecule has 0 radical (unpaired) electrons. The molecule has 0 spiro atoms. The van der Waals surface area contributed by atoms with Crippen LogP contribution >= 0.6 is 0 Å². The summed E-state index contributed by atoms with van der Waals surface area (Å²) in [5.74, 6) is 1.18. The summed E-state index contributed by atoms with van der Waals surface area (Å²) in [7, 11) is -3.12. The average Bonchev–Trinajstić information content (AvgIpc) is 2.71. The number of pyridine rings is 1. The molecule has 19 heavy (non-hydrogen) atoms. The van der Waals surface area contributed by atoms with Crippen LogP contribution in [-0.2, 0) is 10.0 Å². The van der Waals surface area contributed by atoms with Gasteiger partial charge in [-0.05, 0) is 37.8 Å². The van der Waals surface area contributed by atoms with Crippen molar-refractivity contribution < 1.29 is 8.42 Å². The number of aromatic nitrogens is 1. The van der Waals surface area contributed by atoms with Crippen LogP contribution in [0.1, 0.15) is 25.0 Å². The van der Waals surface area contributed by atoms with Gasteiger partial charge in [0.25, 0.3) is 0 Å². The monoisotopic (exact) mass is 283 g/mol. The van der Waals surface area contributed by atoms with Crippen molar-refractivity contribution in [1.29, 1.82) is 0 Å². The van der Waals surface area contributed by atoms with Crippen molar-refractivity contribution in [3.63, 3.8) is 0 Å². The molecule has 1 aliphatic carbocycles. The van der Waals surface area contributed by atoms with Gasteiger partial charge in [0.1, 0.15) is 5.82 Å². The lowest BCUT2D eigenvalue weighted by Gasteiger charge is -2.20. The van der Waals surface area contributed by atoms with Gasteiger partial charge >= 0.3 is 0 Å². The molecule has 0 aliphatic heterocycles. The molecule has 1 fully saturated rings. The molecule has 2 rings (SSSR count). The Morgan fingerprint density at radius 1 is 1.37 bits per heavy atom. The van der Waals surface area contributed by atoms with Gasteiger partial charge in [-0.2, -0.15) is 0 Å². The second-order valence-electron chi connectivity index (χ2n) is 5.23. The Bertz CT molecular complexity index is 530. The quantitative estimate of drug-likeness (QED) is 0.859. The lowest BCUT2D eigenvalue weighted by molar-refractivity contribution is 0.463. The number of nitrogens with one attached hydrogen (secondary N) is 2. The number of hydrogen-bond donors (Lipinski definition) is 2. The number of aryl methyl sites for hydroxylation is 1. The van der Waals surface area contributed by atoms with Gasteiger partial charge in [-0.1, -0.05) is 12.5 Å². The lowest BCUT2D eigenvalue weighted by Crippen LogP contribution is -2.39. The van der Waals surface area contributed by atoms with Crippen molar-refractivity contribution in [3.8, 4) is 0 Å². The first-order chi connectivity index (χ1) is 8.94. The van der Waals surface area contributed by atoms with Crippen LogP contribution in [0, 0.1) is 12.8 Å². The molecule has 0 amide bonds. The minimum Gasteiger partial charge on any atom is -0.370 e. The van der Waals surface area contributed by atoms with Gasteiger partial charge in [0, 0.05) is 18.3 Å². The van der Waals surface area contributed by atoms with Crippen LogP contribution in [0.5, 0.6) is 0 Å². The molecule has 1 saturated carbocycles. The Balaban J connectivity index is 1.91. The zero-order chi connectivity index (χ0) is 13.9. The number of nitrogens with zero attached hydrogens (tertiary/aromatic N) is 1. The maximum atomic E-state index is 11.3. The third kappa shape index (κ3) is 4.47. The number of rotatable bonds is 5. The summed E-state index contributed by atoms with van der Waals surface area (Å²) in [5, 5.41) is 3.30. The molecule has 0 bridgehead atoms. The Kier molecular flexibility index (Phi) is 4.42. The minimum atomic E-state index is -3.12.